The number of hydrogen-bond acceptors (Lipinski definition) is 1. The third kappa shape index (κ3) is 1.96. The van der Waals surface area contributed by atoms with Gasteiger partial charge in [0.1, 0.15) is 0 Å². The van der Waals surface area contributed by atoms with Crippen LogP contribution < -0.4 is 0 Å². The highest BCUT2D eigenvalue weighted by atomic mass is 16.4. The van der Waals surface area contributed by atoms with E-state index in [9.17, 15) is 4.79 Å². The number of carboxylic acid groups (broad SMARTS) is 1. The smallest absolute Gasteiger partial charge is 0.337 e. The number of aromatic nitrogens is 1. The zero-order valence-corrected chi connectivity index (χ0v) is 10.2. The minimum atomic E-state index is -0.870. The van der Waals surface area contributed by atoms with Crippen molar-refractivity contribution < 1.29 is 9.90 Å². The average molecular weight is 229 g/mol. The van der Waals surface area contributed by atoms with Crippen LogP contribution in [-0.2, 0) is 0 Å². The van der Waals surface area contributed by atoms with Gasteiger partial charge >= 0.3 is 5.97 Å². The molecule has 1 aromatic heterocycles. The van der Waals surface area contributed by atoms with Crippen molar-refractivity contribution in [3.05, 3.63) is 52.8 Å². The lowest BCUT2D eigenvalue weighted by Crippen LogP contribution is -2.01. The van der Waals surface area contributed by atoms with Gasteiger partial charge in [-0.2, -0.15) is 0 Å². The summed E-state index contributed by atoms with van der Waals surface area (Å²) in [6.45, 7) is 5.68. The number of hydrogen-bond donors (Lipinski definition) is 1. The molecule has 0 aliphatic carbocycles. The zero-order valence-electron chi connectivity index (χ0n) is 10.2. The fourth-order valence-electron chi connectivity index (χ4n) is 2.06. The Morgan fingerprint density at radius 1 is 1.12 bits per heavy atom. The summed E-state index contributed by atoms with van der Waals surface area (Å²) >= 11 is 0. The molecule has 0 fully saturated rings. The van der Waals surface area contributed by atoms with Crippen molar-refractivity contribution in [3.8, 4) is 5.69 Å². The Labute approximate surface area is 100 Å². The van der Waals surface area contributed by atoms with Crippen LogP contribution in [0.3, 0.4) is 0 Å². The fourth-order valence-corrected chi connectivity index (χ4v) is 2.06. The van der Waals surface area contributed by atoms with Crippen molar-refractivity contribution in [1.82, 2.24) is 4.57 Å². The summed E-state index contributed by atoms with van der Waals surface area (Å²) in [5, 5.41) is 9.14. The van der Waals surface area contributed by atoms with Gasteiger partial charge in [-0.3, -0.25) is 0 Å². The monoisotopic (exact) mass is 229 g/mol. The predicted molar refractivity (Wildman–Crippen MR) is 66.9 cm³/mol. The number of nitrogens with zero attached hydrogens (tertiary/aromatic N) is 1. The van der Waals surface area contributed by atoms with Crippen molar-refractivity contribution in [2.75, 3.05) is 0 Å². The van der Waals surface area contributed by atoms with E-state index in [0.29, 0.717) is 5.56 Å². The van der Waals surface area contributed by atoms with E-state index in [2.05, 4.69) is 0 Å². The maximum atomic E-state index is 11.1. The molecule has 0 saturated heterocycles. The van der Waals surface area contributed by atoms with Crippen molar-refractivity contribution in [2.24, 2.45) is 0 Å². The Kier molecular flexibility index (Phi) is 2.76. The maximum Gasteiger partial charge on any atom is 0.337 e. The van der Waals surface area contributed by atoms with Gasteiger partial charge in [0.15, 0.2) is 0 Å². The lowest BCUT2D eigenvalue weighted by Gasteiger charge is -2.06. The summed E-state index contributed by atoms with van der Waals surface area (Å²) < 4.78 is 1.91. The second-order valence-corrected chi connectivity index (χ2v) is 4.28. The molecule has 0 aliphatic heterocycles. The molecular weight excluding hydrogens is 214 g/mol. The molecule has 1 aromatic carbocycles. The molecule has 0 radical (unpaired) electrons. The molecule has 0 bridgehead atoms. The van der Waals surface area contributed by atoms with Crippen LogP contribution in [0, 0.1) is 20.8 Å². The van der Waals surface area contributed by atoms with Crippen molar-refractivity contribution >= 4 is 5.97 Å². The molecule has 88 valence electrons. The van der Waals surface area contributed by atoms with Gasteiger partial charge in [0, 0.05) is 17.6 Å². The van der Waals surface area contributed by atoms with Gasteiger partial charge in [-0.1, -0.05) is 17.7 Å². The van der Waals surface area contributed by atoms with Crippen LogP contribution in [0.4, 0.5) is 0 Å². The van der Waals surface area contributed by atoms with Gasteiger partial charge in [-0.15, -0.1) is 0 Å². The quantitative estimate of drug-likeness (QED) is 0.859. The average Bonchev–Trinajstić information content (AvgIpc) is 2.55. The van der Waals surface area contributed by atoms with Gasteiger partial charge in [0.05, 0.1) is 5.56 Å². The molecule has 0 amide bonds. The van der Waals surface area contributed by atoms with Crippen LogP contribution in [-0.4, -0.2) is 15.6 Å². The molecule has 0 spiro atoms. The molecule has 2 rings (SSSR count). The second kappa shape index (κ2) is 4.09. The molecule has 0 aliphatic rings. The van der Waals surface area contributed by atoms with Gasteiger partial charge < -0.3 is 9.67 Å². The highest BCUT2D eigenvalue weighted by Crippen LogP contribution is 2.21. The number of aromatic carboxylic acids is 1. The molecular formula is C14H15NO2. The van der Waals surface area contributed by atoms with Gasteiger partial charge in [-0.25, -0.2) is 4.79 Å². The number of carboxylic acids is 1. The SMILES string of the molecule is Cc1ccc(-n2cc(C)c(C(=O)O)c2C)cc1. The third-order valence-corrected chi connectivity index (χ3v) is 2.97. The first-order chi connectivity index (χ1) is 8.00. The van der Waals surface area contributed by atoms with E-state index < -0.39 is 5.97 Å². The fraction of sp³-hybridized carbons (Fsp3) is 0.214. The van der Waals surface area contributed by atoms with Gasteiger partial charge in [-0.05, 0) is 38.5 Å². The summed E-state index contributed by atoms with van der Waals surface area (Å²) in [5.41, 5.74) is 4.12. The first kappa shape index (κ1) is 11.5. The maximum absolute atomic E-state index is 11.1. The Morgan fingerprint density at radius 3 is 2.18 bits per heavy atom. The Balaban J connectivity index is 2.57. The molecule has 0 atom stereocenters. The predicted octanol–water partition coefficient (Wildman–Crippen LogP) is 3.10. The summed E-state index contributed by atoms with van der Waals surface area (Å²) in [4.78, 5) is 11.1. The van der Waals surface area contributed by atoms with Gasteiger partial charge in [0.2, 0.25) is 0 Å². The van der Waals surface area contributed by atoms with Crippen LogP contribution in [0.5, 0.6) is 0 Å². The van der Waals surface area contributed by atoms with E-state index >= 15 is 0 Å². The topological polar surface area (TPSA) is 42.2 Å². The first-order valence-electron chi connectivity index (χ1n) is 5.49. The highest BCUT2D eigenvalue weighted by Gasteiger charge is 2.16. The van der Waals surface area contributed by atoms with Crippen molar-refractivity contribution in [2.45, 2.75) is 20.8 Å². The van der Waals surface area contributed by atoms with E-state index in [1.807, 2.05) is 55.8 Å². The molecule has 3 heteroatoms. The summed E-state index contributed by atoms with van der Waals surface area (Å²) in [6, 6.07) is 8.02. The number of benzene rings is 1. The van der Waals surface area contributed by atoms with Crippen LogP contribution in [0.25, 0.3) is 5.69 Å². The Bertz CT molecular complexity index is 565. The summed E-state index contributed by atoms with van der Waals surface area (Å²) in [6.07, 6.45) is 1.86. The van der Waals surface area contributed by atoms with Crippen LogP contribution in [0.2, 0.25) is 0 Å². The number of rotatable bonds is 2. The van der Waals surface area contributed by atoms with Gasteiger partial charge in [0.25, 0.3) is 0 Å². The Hall–Kier alpha value is -2.03. The molecule has 3 nitrogen and oxygen atoms in total. The molecule has 2 aromatic rings. The summed E-state index contributed by atoms with van der Waals surface area (Å²) in [5.74, 6) is -0.870. The van der Waals surface area contributed by atoms with Crippen molar-refractivity contribution in [1.29, 1.82) is 0 Å². The minimum absolute atomic E-state index is 0.394. The molecule has 17 heavy (non-hydrogen) atoms. The first-order valence-corrected chi connectivity index (χ1v) is 5.49. The summed E-state index contributed by atoms with van der Waals surface area (Å²) in [7, 11) is 0. The lowest BCUT2D eigenvalue weighted by atomic mass is 10.2. The van der Waals surface area contributed by atoms with Crippen LogP contribution in [0.15, 0.2) is 30.5 Å². The second-order valence-electron chi connectivity index (χ2n) is 4.28. The molecule has 0 unspecified atom stereocenters. The minimum Gasteiger partial charge on any atom is -0.478 e. The molecule has 1 heterocycles. The normalized spacial score (nSPS) is 10.5. The zero-order chi connectivity index (χ0) is 12.6. The van der Waals surface area contributed by atoms with E-state index in [1.165, 1.54) is 5.56 Å². The molecule has 1 N–H and O–H groups in total. The standard InChI is InChI=1S/C14H15NO2/c1-9-4-6-12(7-5-9)15-8-10(2)13(11(15)3)14(16)17/h4-8H,1-3H3,(H,16,17). The lowest BCUT2D eigenvalue weighted by molar-refractivity contribution is 0.0695. The van der Waals surface area contributed by atoms with E-state index in [4.69, 9.17) is 5.11 Å². The highest BCUT2D eigenvalue weighted by molar-refractivity contribution is 5.91. The van der Waals surface area contributed by atoms with E-state index in [-0.39, 0.29) is 0 Å². The van der Waals surface area contributed by atoms with Crippen LogP contribution >= 0.6 is 0 Å². The molecule has 0 saturated carbocycles. The van der Waals surface area contributed by atoms with E-state index in [1.54, 1.807) is 0 Å². The Morgan fingerprint density at radius 2 is 1.71 bits per heavy atom. The third-order valence-electron chi connectivity index (χ3n) is 2.97. The van der Waals surface area contributed by atoms with Crippen molar-refractivity contribution in [3.63, 3.8) is 0 Å². The van der Waals surface area contributed by atoms with Crippen LogP contribution in [0.1, 0.15) is 27.2 Å². The number of aryl methyl sites for hydroxylation is 2. The van der Waals surface area contributed by atoms with E-state index in [0.717, 1.165) is 16.9 Å². The largest absolute Gasteiger partial charge is 0.478 e. The number of carbonyl (C=O) groups is 1.